The molecule has 1 fully saturated rings. The van der Waals surface area contributed by atoms with Gasteiger partial charge in [0.1, 0.15) is 5.82 Å². The number of hydrogen-bond donors (Lipinski definition) is 1. The monoisotopic (exact) mass is 258 g/mol. The van der Waals surface area contributed by atoms with Gasteiger partial charge in [0, 0.05) is 25.8 Å². The SMILES string of the molecule is COCCN(c1cc(Cl)c(F)cc1N)C1CC1. The van der Waals surface area contributed by atoms with Crippen LogP contribution in [0.5, 0.6) is 0 Å². The third-order valence-corrected chi connectivity index (χ3v) is 3.19. The Morgan fingerprint density at radius 2 is 2.24 bits per heavy atom. The zero-order chi connectivity index (χ0) is 12.4. The predicted octanol–water partition coefficient (Wildman–Crippen LogP) is 2.68. The molecule has 2 rings (SSSR count). The summed E-state index contributed by atoms with van der Waals surface area (Å²) in [6.45, 7) is 1.36. The van der Waals surface area contributed by atoms with Gasteiger partial charge in [0.15, 0.2) is 0 Å². The molecule has 0 amide bonds. The summed E-state index contributed by atoms with van der Waals surface area (Å²) in [5.41, 5.74) is 7.07. The molecule has 17 heavy (non-hydrogen) atoms. The first-order valence-electron chi connectivity index (χ1n) is 5.63. The van der Waals surface area contributed by atoms with Crippen molar-refractivity contribution >= 4 is 23.0 Å². The topological polar surface area (TPSA) is 38.5 Å². The minimum atomic E-state index is -0.476. The van der Waals surface area contributed by atoms with Crippen molar-refractivity contribution in [2.45, 2.75) is 18.9 Å². The molecule has 0 heterocycles. The third kappa shape index (κ3) is 2.82. The second-order valence-corrected chi connectivity index (χ2v) is 4.65. The van der Waals surface area contributed by atoms with E-state index in [0.717, 1.165) is 25.1 Å². The van der Waals surface area contributed by atoms with Crippen molar-refractivity contribution in [1.82, 2.24) is 0 Å². The van der Waals surface area contributed by atoms with Crippen molar-refractivity contribution < 1.29 is 9.13 Å². The van der Waals surface area contributed by atoms with Crippen LogP contribution in [0.25, 0.3) is 0 Å². The van der Waals surface area contributed by atoms with E-state index in [-0.39, 0.29) is 5.02 Å². The van der Waals surface area contributed by atoms with E-state index >= 15 is 0 Å². The summed E-state index contributed by atoms with van der Waals surface area (Å²) in [6.07, 6.45) is 2.27. The molecule has 1 saturated carbocycles. The number of nitrogen functional groups attached to an aromatic ring is 1. The molecular weight excluding hydrogens is 243 g/mol. The van der Waals surface area contributed by atoms with Crippen LogP contribution in [0.15, 0.2) is 12.1 Å². The van der Waals surface area contributed by atoms with Gasteiger partial charge < -0.3 is 15.4 Å². The van der Waals surface area contributed by atoms with Gasteiger partial charge in [0.2, 0.25) is 0 Å². The van der Waals surface area contributed by atoms with Gasteiger partial charge in [-0.05, 0) is 18.9 Å². The van der Waals surface area contributed by atoms with Crippen LogP contribution in [0.1, 0.15) is 12.8 Å². The molecule has 94 valence electrons. The molecule has 5 heteroatoms. The second kappa shape index (κ2) is 5.10. The van der Waals surface area contributed by atoms with Gasteiger partial charge in [0.25, 0.3) is 0 Å². The Hall–Kier alpha value is -1.00. The first-order valence-corrected chi connectivity index (χ1v) is 6.01. The first kappa shape index (κ1) is 12.5. The average Bonchev–Trinajstić information content (AvgIpc) is 3.10. The molecule has 1 aromatic carbocycles. The maximum absolute atomic E-state index is 13.2. The van der Waals surface area contributed by atoms with E-state index in [4.69, 9.17) is 22.1 Å². The van der Waals surface area contributed by atoms with Crippen molar-refractivity contribution in [3.63, 3.8) is 0 Å². The molecule has 0 bridgehead atoms. The second-order valence-electron chi connectivity index (χ2n) is 4.24. The van der Waals surface area contributed by atoms with E-state index in [0.29, 0.717) is 18.3 Å². The lowest BCUT2D eigenvalue weighted by molar-refractivity contribution is 0.205. The Kier molecular flexibility index (Phi) is 3.74. The Morgan fingerprint density at radius 1 is 1.53 bits per heavy atom. The Balaban J connectivity index is 2.25. The highest BCUT2D eigenvalue weighted by Crippen LogP contribution is 2.36. The van der Waals surface area contributed by atoms with E-state index in [9.17, 15) is 4.39 Å². The van der Waals surface area contributed by atoms with Crippen molar-refractivity contribution in [1.29, 1.82) is 0 Å². The van der Waals surface area contributed by atoms with E-state index in [1.165, 1.54) is 6.07 Å². The lowest BCUT2D eigenvalue weighted by Crippen LogP contribution is -2.30. The zero-order valence-corrected chi connectivity index (χ0v) is 10.5. The first-order chi connectivity index (χ1) is 8.13. The smallest absolute Gasteiger partial charge is 0.143 e. The van der Waals surface area contributed by atoms with E-state index < -0.39 is 5.82 Å². The van der Waals surface area contributed by atoms with E-state index in [1.807, 2.05) is 0 Å². The van der Waals surface area contributed by atoms with Gasteiger partial charge in [-0.25, -0.2) is 4.39 Å². The average molecular weight is 259 g/mol. The fraction of sp³-hybridized carbons (Fsp3) is 0.500. The number of halogens is 2. The van der Waals surface area contributed by atoms with Crippen LogP contribution in [-0.4, -0.2) is 26.3 Å². The van der Waals surface area contributed by atoms with E-state index in [1.54, 1.807) is 13.2 Å². The number of benzene rings is 1. The number of methoxy groups -OCH3 is 1. The van der Waals surface area contributed by atoms with Crippen molar-refractivity contribution in [2.24, 2.45) is 0 Å². The van der Waals surface area contributed by atoms with Gasteiger partial charge in [-0.2, -0.15) is 0 Å². The Labute approximate surface area is 105 Å². The van der Waals surface area contributed by atoms with Crippen LogP contribution in [0, 0.1) is 5.82 Å². The normalized spacial score (nSPS) is 15.0. The number of ether oxygens (including phenoxy) is 1. The van der Waals surface area contributed by atoms with Crippen LogP contribution in [-0.2, 0) is 4.74 Å². The van der Waals surface area contributed by atoms with Crippen molar-refractivity contribution in [3.8, 4) is 0 Å². The van der Waals surface area contributed by atoms with Crippen molar-refractivity contribution in [2.75, 3.05) is 30.9 Å². The van der Waals surface area contributed by atoms with Gasteiger partial charge in [0.05, 0.1) is 23.0 Å². The van der Waals surface area contributed by atoms with Gasteiger partial charge in [-0.3, -0.25) is 0 Å². The highest BCUT2D eigenvalue weighted by molar-refractivity contribution is 6.31. The number of nitrogens with two attached hydrogens (primary N) is 1. The molecule has 0 aliphatic heterocycles. The molecule has 1 aliphatic rings. The standard InChI is InChI=1S/C12H16ClFN2O/c1-17-5-4-16(8-2-3-8)12-6-9(13)10(14)7-11(12)15/h6-8H,2-5,15H2,1H3. The quantitative estimate of drug-likeness (QED) is 0.826. The fourth-order valence-electron chi connectivity index (χ4n) is 1.88. The maximum atomic E-state index is 13.2. The molecule has 0 saturated heterocycles. The lowest BCUT2D eigenvalue weighted by atomic mass is 10.2. The molecule has 0 unspecified atom stereocenters. The highest BCUT2D eigenvalue weighted by Gasteiger charge is 2.30. The summed E-state index contributed by atoms with van der Waals surface area (Å²) in [7, 11) is 1.66. The number of rotatable bonds is 5. The lowest BCUT2D eigenvalue weighted by Gasteiger charge is -2.26. The molecule has 3 nitrogen and oxygen atoms in total. The van der Waals surface area contributed by atoms with Crippen LogP contribution >= 0.6 is 11.6 Å². The van der Waals surface area contributed by atoms with Gasteiger partial charge in [-0.1, -0.05) is 11.6 Å². The van der Waals surface area contributed by atoms with Crippen LogP contribution in [0.4, 0.5) is 15.8 Å². The van der Waals surface area contributed by atoms with Crippen LogP contribution in [0.3, 0.4) is 0 Å². The molecule has 0 radical (unpaired) electrons. The number of nitrogens with zero attached hydrogens (tertiary/aromatic N) is 1. The molecule has 0 aromatic heterocycles. The molecule has 1 aromatic rings. The van der Waals surface area contributed by atoms with Gasteiger partial charge >= 0.3 is 0 Å². The fourth-order valence-corrected chi connectivity index (χ4v) is 2.03. The summed E-state index contributed by atoms with van der Waals surface area (Å²) >= 11 is 5.80. The molecule has 2 N–H and O–H groups in total. The molecular formula is C12H16ClFN2O. The predicted molar refractivity (Wildman–Crippen MR) is 68.1 cm³/mol. The van der Waals surface area contributed by atoms with Crippen LogP contribution in [0.2, 0.25) is 5.02 Å². The minimum absolute atomic E-state index is 0.109. The number of hydrogen-bond acceptors (Lipinski definition) is 3. The summed E-state index contributed by atoms with van der Waals surface area (Å²) in [5.74, 6) is -0.476. The Morgan fingerprint density at radius 3 is 2.82 bits per heavy atom. The molecule has 0 atom stereocenters. The number of anilines is 2. The van der Waals surface area contributed by atoms with E-state index in [2.05, 4.69) is 4.90 Å². The maximum Gasteiger partial charge on any atom is 0.143 e. The third-order valence-electron chi connectivity index (χ3n) is 2.90. The Bertz CT molecular complexity index is 410. The summed E-state index contributed by atoms with van der Waals surface area (Å²) in [5, 5.41) is 0.109. The molecule has 0 spiro atoms. The summed E-state index contributed by atoms with van der Waals surface area (Å²) < 4.78 is 18.3. The zero-order valence-electron chi connectivity index (χ0n) is 9.75. The summed E-state index contributed by atoms with van der Waals surface area (Å²) in [6, 6.07) is 3.36. The molecule has 1 aliphatic carbocycles. The minimum Gasteiger partial charge on any atom is -0.397 e. The van der Waals surface area contributed by atoms with Crippen LogP contribution < -0.4 is 10.6 Å². The highest BCUT2D eigenvalue weighted by atomic mass is 35.5. The summed E-state index contributed by atoms with van der Waals surface area (Å²) in [4.78, 5) is 2.14. The van der Waals surface area contributed by atoms with Crippen molar-refractivity contribution in [3.05, 3.63) is 23.0 Å². The van der Waals surface area contributed by atoms with Gasteiger partial charge in [-0.15, -0.1) is 0 Å². The largest absolute Gasteiger partial charge is 0.397 e.